The minimum Gasteiger partial charge on any atom is -0.496 e. The van der Waals surface area contributed by atoms with E-state index >= 15 is 0 Å². The summed E-state index contributed by atoms with van der Waals surface area (Å²) in [6.07, 6.45) is 0.224. The molecule has 1 aliphatic rings. The molecule has 1 atom stereocenters. The van der Waals surface area contributed by atoms with E-state index in [0.717, 1.165) is 36.5 Å². The molecule has 0 saturated heterocycles. The first-order valence-electron chi connectivity index (χ1n) is 11.6. The number of carbonyl (C=O) groups is 1. The summed E-state index contributed by atoms with van der Waals surface area (Å²) in [7, 11) is 3.17. The number of aromatic amines is 1. The number of H-pyrrole nitrogens is 1. The minimum absolute atomic E-state index is 0.00371. The zero-order valence-corrected chi connectivity index (χ0v) is 20.0. The molecule has 2 aromatic heterocycles. The average Bonchev–Trinajstić information content (AvgIpc) is 3.45. The van der Waals surface area contributed by atoms with Crippen molar-refractivity contribution in [3.63, 3.8) is 0 Å². The first-order valence-corrected chi connectivity index (χ1v) is 11.6. The van der Waals surface area contributed by atoms with Gasteiger partial charge in [-0.3, -0.25) is 14.6 Å². The molecule has 11 heteroatoms. The molecule has 36 heavy (non-hydrogen) atoms. The van der Waals surface area contributed by atoms with E-state index in [9.17, 15) is 18.0 Å². The van der Waals surface area contributed by atoms with E-state index in [1.807, 2.05) is 24.6 Å². The number of halogens is 3. The quantitative estimate of drug-likeness (QED) is 0.391. The van der Waals surface area contributed by atoms with Crippen molar-refractivity contribution in [3.8, 4) is 17.1 Å². The molecule has 1 unspecified atom stereocenters. The number of nitrogens with one attached hydrogen (secondary N) is 2. The van der Waals surface area contributed by atoms with Gasteiger partial charge in [0, 0.05) is 24.4 Å². The van der Waals surface area contributed by atoms with Crippen molar-refractivity contribution < 1.29 is 22.7 Å². The zero-order valence-electron chi connectivity index (χ0n) is 20.0. The number of benzene rings is 2. The second-order valence-electron chi connectivity index (χ2n) is 9.05. The van der Waals surface area contributed by atoms with E-state index < -0.39 is 18.1 Å². The Balaban J connectivity index is 1.41. The van der Waals surface area contributed by atoms with Gasteiger partial charge in [0.15, 0.2) is 5.82 Å². The Bertz CT molecular complexity index is 1440. The second kappa shape index (κ2) is 8.96. The third-order valence-electron chi connectivity index (χ3n) is 6.49. The predicted octanol–water partition coefficient (Wildman–Crippen LogP) is 4.52. The summed E-state index contributed by atoms with van der Waals surface area (Å²) in [6, 6.07) is 6.70. The molecule has 8 nitrogen and oxygen atoms in total. The van der Waals surface area contributed by atoms with Gasteiger partial charge in [0.25, 0.3) is 5.91 Å². The Labute approximate surface area is 204 Å². The zero-order chi connectivity index (χ0) is 25.6. The molecule has 1 amide bonds. The lowest BCUT2D eigenvalue weighted by Gasteiger charge is -2.18. The van der Waals surface area contributed by atoms with E-state index in [1.54, 1.807) is 16.8 Å². The fourth-order valence-electron chi connectivity index (χ4n) is 4.33. The van der Waals surface area contributed by atoms with Crippen molar-refractivity contribution in [2.75, 3.05) is 7.11 Å². The molecule has 5 rings (SSSR count). The smallest absolute Gasteiger partial charge is 0.408 e. The maximum atomic E-state index is 12.9. The number of methoxy groups -OCH3 is 1. The van der Waals surface area contributed by atoms with Crippen LogP contribution in [-0.4, -0.2) is 50.2 Å². The van der Waals surface area contributed by atoms with Crippen molar-refractivity contribution in [1.82, 2.24) is 30.3 Å². The molecule has 0 bridgehead atoms. The fraction of sp³-hybridized carbons (Fsp3) is 0.360. The van der Waals surface area contributed by atoms with Gasteiger partial charge in [0.05, 0.1) is 24.4 Å². The lowest BCUT2D eigenvalue weighted by atomic mass is 9.96. The highest BCUT2D eigenvalue weighted by molar-refractivity contribution is 5.97. The van der Waals surface area contributed by atoms with Gasteiger partial charge < -0.3 is 10.1 Å². The maximum absolute atomic E-state index is 12.9. The monoisotopic (exact) mass is 498 g/mol. The van der Waals surface area contributed by atoms with Crippen molar-refractivity contribution in [1.29, 1.82) is 0 Å². The number of carbonyl (C=O) groups excluding carboxylic acids is 1. The van der Waals surface area contributed by atoms with Crippen LogP contribution in [0.3, 0.4) is 0 Å². The van der Waals surface area contributed by atoms with E-state index in [2.05, 4.69) is 21.4 Å². The van der Waals surface area contributed by atoms with Crippen LogP contribution in [0.4, 0.5) is 13.2 Å². The summed E-state index contributed by atoms with van der Waals surface area (Å²) in [5, 5.41) is 14.8. The van der Waals surface area contributed by atoms with Crippen molar-refractivity contribution in [3.05, 3.63) is 59.0 Å². The standard InChI is InChI=1S/C25H25F3N6O2/c1-13(25(26,27)28)30-24(35)17-8-6-16(10-20(17)36-3)23-31-21(34(2)33-23)11-15-7-9-19-18(12-29-32-19)22(15)14-4-5-14/h6-10,12-14H,4-5,11H2,1-3H3,(H,29,32)(H,30,35). The summed E-state index contributed by atoms with van der Waals surface area (Å²) >= 11 is 0. The molecule has 2 N–H and O–H groups in total. The molecule has 1 aliphatic carbocycles. The van der Waals surface area contributed by atoms with Gasteiger partial charge >= 0.3 is 6.18 Å². The van der Waals surface area contributed by atoms with Gasteiger partial charge in [-0.25, -0.2) is 4.98 Å². The van der Waals surface area contributed by atoms with Crippen LogP contribution < -0.4 is 10.1 Å². The largest absolute Gasteiger partial charge is 0.496 e. The van der Waals surface area contributed by atoms with Crippen LogP contribution in [0.1, 0.15) is 53.0 Å². The Morgan fingerprint density at radius 2 is 2.06 bits per heavy atom. The molecule has 1 saturated carbocycles. The summed E-state index contributed by atoms with van der Waals surface area (Å²) in [6.45, 7) is 0.886. The number of nitrogens with zero attached hydrogens (tertiary/aromatic N) is 4. The Kier molecular flexibility index (Phi) is 5.93. The van der Waals surface area contributed by atoms with E-state index in [4.69, 9.17) is 9.72 Å². The average molecular weight is 499 g/mol. The third-order valence-corrected chi connectivity index (χ3v) is 6.49. The molecular formula is C25H25F3N6O2. The number of alkyl halides is 3. The van der Waals surface area contributed by atoms with Crippen LogP contribution in [0.2, 0.25) is 0 Å². The van der Waals surface area contributed by atoms with Gasteiger partial charge in [-0.05, 0) is 55.0 Å². The van der Waals surface area contributed by atoms with E-state index in [-0.39, 0.29) is 11.3 Å². The molecule has 188 valence electrons. The number of ether oxygens (including phenoxy) is 1. The Morgan fingerprint density at radius 1 is 1.28 bits per heavy atom. The number of rotatable bonds is 7. The first kappa shape index (κ1) is 23.8. The number of aromatic nitrogens is 5. The number of hydrogen-bond acceptors (Lipinski definition) is 5. The summed E-state index contributed by atoms with van der Waals surface area (Å²) in [4.78, 5) is 17.1. The summed E-state index contributed by atoms with van der Waals surface area (Å²) < 4.78 is 45.6. The highest BCUT2D eigenvalue weighted by Crippen LogP contribution is 2.45. The number of amides is 1. The van der Waals surface area contributed by atoms with Crippen LogP contribution >= 0.6 is 0 Å². The molecule has 2 aromatic carbocycles. The SMILES string of the molecule is COc1cc(-c2nc(Cc3ccc4[nH]ncc4c3C3CC3)n(C)n2)ccc1C(=O)NC(C)C(F)(F)F. The maximum Gasteiger partial charge on any atom is 0.408 e. The van der Waals surface area contributed by atoms with Crippen LogP contribution in [0.5, 0.6) is 5.75 Å². The highest BCUT2D eigenvalue weighted by Gasteiger charge is 2.37. The Hall–Kier alpha value is -3.89. The van der Waals surface area contributed by atoms with Crippen molar-refractivity contribution in [2.24, 2.45) is 7.05 Å². The highest BCUT2D eigenvalue weighted by atomic mass is 19.4. The van der Waals surface area contributed by atoms with Crippen LogP contribution in [0.25, 0.3) is 22.3 Å². The lowest BCUT2D eigenvalue weighted by Crippen LogP contribution is -2.43. The molecule has 0 spiro atoms. The molecular weight excluding hydrogens is 473 g/mol. The Morgan fingerprint density at radius 3 is 2.75 bits per heavy atom. The van der Waals surface area contributed by atoms with Crippen LogP contribution in [0.15, 0.2) is 36.5 Å². The normalized spacial score (nSPS) is 14.7. The fourth-order valence-corrected chi connectivity index (χ4v) is 4.33. The van der Waals surface area contributed by atoms with Gasteiger partial charge in [-0.1, -0.05) is 12.1 Å². The molecule has 1 fully saturated rings. The summed E-state index contributed by atoms with van der Waals surface area (Å²) in [5.41, 5.74) is 4.07. The molecule has 0 aliphatic heterocycles. The minimum atomic E-state index is -4.54. The van der Waals surface area contributed by atoms with Crippen molar-refractivity contribution in [2.45, 2.75) is 44.3 Å². The third kappa shape index (κ3) is 4.52. The van der Waals surface area contributed by atoms with Crippen LogP contribution in [-0.2, 0) is 13.5 Å². The molecule has 2 heterocycles. The number of fused-ring (bicyclic) bond motifs is 1. The topological polar surface area (TPSA) is 97.7 Å². The predicted molar refractivity (Wildman–Crippen MR) is 127 cm³/mol. The second-order valence-corrected chi connectivity index (χ2v) is 9.05. The lowest BCUT2D eigenvalue weighted by molar-refractivity contribution is -0.149. The number of aryl methyl sites for hydroxylation is 1. The van der Waals surface area contributed by atoms with Crippen molar-refractivity contribution >= 4 is 16.8 Å². The van der Waals surface area contributed by atoms with Gasteiger partial charge in [0.2, 0.25) is 0 Å². The van der Waals surface area contributed by atoms with Gasteiger partial charge in [-0.2, -0.15) is 23.4 Å². The number of hydrogen-bond donors (Lipinski definition) is 2. The first-order chi connectivity index (χ1) is 17.2. The van der Waals surface area contributed by atoms with E-state index in [0.29, 0.717) is 23.7 Å². The molecule has 4 aromatic rings. The van der Waals surface area contributed by atoms with Crippen LogP contribution in [0, 0.1) is 0 Å². The van der Waals surface area contributed by atoms with E-state index in [1.165, 1.54) is 24.3 Å². The molecule has 0 radical (unpaired) electrons. The summed E-state index contributed by atoms with van der Waals surface area (Å²) in [5.74, 6) is 0.972. The van der Waals surface area contributed by atoms with Gasteiger partial charge in [0.1, 0.15) is 17.6 Å². The van der Waals surface area contributed by atoms with Gasteiger partial charge in [-0.15, -0.1) is 0 Å².